The zero-order chi connectivity index (χ0) is 11.0. The number of ether oxygens (including phenoxy) is 1. The van der Waals surface area contributed by atoms with Gasteiger partial charge in [-0.3, -0.25) is 4.79 Å². The molecule has 14 heavy (non-hydrogen) atoms. The second kappa shape index (κ2) is 7.49. The van der Waals surface area contributed by atoms with Crippen molar-refractivity contribution in [1.82, 2.24) is 5.32 Å². The van der Waals surface area contributed by atoms with Crippen LogP contribution in [0.3, 0.4) is 0 Å². The van der Waals surface area contributed by atoms with Gasteiger partial charge < -0.3 is 20.3 Å². The molecule has 0 heterocycles. The molecule has 0 saturated heterocycles. The van der Waals surface area contributed by atoms with Crippen molar-refractivity contribution in [3.8, 4) is 0 Å². The quantitative estimate of drug-likeness (QED) is 0.486. The molecule has 1 amide bonds. The highest BCUT2D eigenvalue weighted by Gasteiger charge is 2.17. The van der Waals surface area contributed by atoms with Crippen LogP contribution in [0, 0.1) is 0 Å². The lowest BCUT2D eigenvalue weighted by molar-refractivity contribution is -0.126. The van der Waals surface area contributed by atoms with Crippen LogP contribution in [0.2, 0.25) is 0 Å². The van der Waals surface area contributed by atoms with Crippen LogP contribution in [0.5, 0.6) is 0 Å². The van der Waals surface area contributed by atoms with Crippen LogP contribution < -0.4 is 5.32 Å². The normalized spacial score (nSPS) is 15.4. The lowest BCUT2D eigenvalue weighted by Crippen LogP contribution is -2.46. The van der Waals surface area contributed by atoms with Crippen LogP contribution >= 0.6 is 0 Å². The average Bonchev–Trinajstić information content (AvgIpc) is 2.15. The maximum atomic E-state index is 11.0. The van der Waals surface area contributed by atoms with Gasteiger partial charge in [-0.15, -0.1) is 0 Å². The highest BCUT2D eigenvalue weighted by atomic mass is 16.5. The molecule has 0 aliphatic heterocycles. The van der Waals surface area contributed by atoms with Gasteiger partial charge in [0.2, 0.25) is 5.91 Å². The summed E-state index contributed by atoms with van der Waals surface area (Å²) in [4.78, 5) is 11.0. The first-order valence-electron chi connectivity index (χ1n) is 4.35. The van der Waals surface area contributed by atoms with Crippen molar-refractivity contribution in [3.63, 3.8) is 0 Å². The Labute approximate surface area is 83.4 Å². The third-order valence-electron chi connectivity index (χ3n) is 1.62. The number of aliphatic hydroxyl groups is 2. The van der Waals surface area contributed by atoms with E-state index in [4.69, 9.17) is 5.11 Å². The predicted octanol–water partition coefficient (Wildman–Crippen LogP) is -0.953. The number of amides is 1. The van der Waals surface area contributed by atoms with Crippen LogP contribution in [0.25, 0.3) is 0 Å². The van der Waals surface area contributed by atoms with E-state index >= 15 is 0 Å². The summed E-state index contributed by atoms with van der Waals surface area (Å²) in [5, 5.41) is 20.8. The molecule has 2 atom stereocenters. The van der Waals surface area contributed by atoms with Crippen molar-refractivity contribution < 1.29 is 19.7 Å². The Bertz CT molecular complexity index is 193. The molecule has 0 spiro atoms. The van der Waals surface area contributed by atoms with E-state index in [-0.39, 0.29) is 19.1 Å². The summed E-state index contributed by atoms with van der Waals surface area (Å²) in [5.41, 5.74) is 0. The average molecular weight is 203 g/mol. The maximum absolute atomic E-state index is 11.0. The van der Waals surface area contributed by atoms with E-state index in [1.54, 1.807) is 13.0 Å². The molecule has 0 fully saturated rings. The SMILES string of the molecule is C/C=C/[C@@H](O)[C@H](CO)NC(=O)COC. The highest BCUT2D eigenvalue weighted by Crippen LogP contribution is 1.95. The van der Waals surface area contributed by atoms with E-state index in [0.717, 1.165) is 0 Å². The van der Waals surface area contributed by atoms with Crippen molar-refractivity contribution in [2.24, 2.45) is 0 Å². The van der Waals surface area contributed by atoms with Gasteiger partial charge in [0.1, 0.15) is 6.61 Å². The highest BCUT2D eigenvalue weighted by molar-refractivity contribution is 5.77. The number of carbonyl (C=O) groups is 1. The van der Waals surface area contributed by atoms with E-state index in [0.29, 0.717) is 0 Å². The Balaban J connectivity index is 4.07. The van der Waals surface area contributed by atoms with Crippen molar-refractivity contribution in [3.05, 3.63) is 12.2 Å². The Kier molecular flexibility index (Phi) is 7.00. The van der Waals surface area contributed by atoms with Crippen LogP contribution in [-0.4, -0.2) is 48.6 Å². The van der Waals surface area contributed by atoms with Crippen molar-refractivity contribution in [1.29, 1.82) is 0 Å². The van der Waals surface area contributed by atoms with Crippen molar-refractivity contribution in [2.45, 2.75) is 19.1 Å². The van der Waals surface area contributed by atoms with Gasteiger partial charge in [-0.25, -0.2) is 0 Å². The summed E-state index contributed by atoms with van der Waals surface area (Å²) >= 11 is 0. The third-order valence-corrected chi connectivity index (χ3v) is 1.62. The fourth-order valence-corrected chi connectivity index (χ4v) is 0.950. The number of hydrogen-bond donors (Lipinski definition) is 3. The summed E-state index contributed by atoms with van der Waals surface area (Å²) < 4.78 is 4.60. The van der Waals surface area contributed by atoms with Gasteiger partial charge in [-0.2, -0.15) is 0 Å². The van der Waals surface area contributed by atoms with Gasteiger partial charge in [0.25, 0.3) is 0 Å². The lowest BCUT2D eigenvalue weighted by Gasteiger charge is -2.19. The Morgan fingerprint density at radius 1 is 1.64 bits per heavy atom. The van der Waals surface area contributed by atoms with E-state index < -0.39 is 12.1 Å². The molecular weight excluding hydrogens is 186 g/mol. The summed E-state index contributed by atoms with van der Waals surface area (Å²) in [5.74, 6) is -0.366. The third kappa shape index (κ3) is 4.96. The smallest absolute Gasteiger partial charge is 0.246 e. The minimum atomic E-state index is -0.884. The molecule has 0 unspecified atom stereocenters. The number of methoxy groups -OCH3 is 1. The molecule has 0 rings (SSSR count). The number of allylic oxidation sites excluding steroid dienone is 1. The molecule has 5 nitrogen and oxygen atoms in total. The molecule has 0 aromatic rings. The Morgan fingerprint density at radius 2 is 2.29 bits per heavy atom. The molecule has 0 aromatic carbocycles. The first-order chi connectivity index (χ1) is 6.65. The molecule has 0 radical (unpaired) electrons. The topological polar surface area (TPSA) is 78.8 Å². The predicted molar refractivity (Wildman–Crippen MR) is 51.7 cm³/mol. The van der Waals surface area contributed by atoms with Gasteiger partial charge in [-0.1, -0.05) is 12.2 Å². The number of rotatable bonds is 6. The van der Waals surface area contributed by atoms with Crippen LogP contribution in [0.4, 0.5) is 0 Å². The summed E-state index contributed by atoms with van der Waals surface area (Å²) in [6.45, 7) is 1.34. The largest absolute Gasteiger partial charge is 0.394 e. The van der Waals surface area contributed by atoms with Crippen LogP contribution in [0.1, 0.15) is 6.92 Å². The summed E-state index contributed by atoms with van der Waals surface area (Å²) in [6, 6.07) is -0.686. The zero-order valence-electron chi connectivity index (χ0n) is 8.43. The van der Waals surface area contributed by atoms with E-state index in [1.807, 2.05) is 0 Å². The molecule has 0 aromatic heterocycles. The maximum Gasteiger partial charge on any atom is 0.246 e. The Morgan fingerprint density at radius 3 is 2.71 bits per heavy atom. The number of nitrogens with one attached hydrogen (secondary N) is 1. The molecule has 82 valence electrons. The second-order valence-corrected chi connectivity index (χ2v) is 2.81. The first-order valence-corrected chi connectivity index (χ1v) is 4.35. The fourth-order valence-electron chi connectivity index (χ4n) is 0.950. The summed E-state index contributed by atoms with van der Waals surface area (Å²) in [6.07, 6.45) is 2.26. The number of carbonyl (C=O) groups excluding carboxylic acids is 1. The molecule has 0 aliphatic rings. The molecule has 3 N–H and O–H groups in total. The lowest BCUT2D eigenvalue weighted by atomic mass is 10.1. The monoisotopic (exact) mass is 203 g/mol. The Hall–Kier alpha value is -0.910. The molecular formula is C9H17NO4. The van der Waals surface area contributed by atoms with E-state index in [1.165, 1.54) is 13.2 Å². The minimum absolute atomic E-state index is 0.0843. The molecule has 0 bridgehead atoms. The molecule has 5 heteroatoms. The number of aliphatic hydroxyl groups excluding tert-OH is 2. The molecule has 0 saturated carbocycles. The van der Waals surface area contributed by atoms with Gasteiger partial charge in [0, 0.05) is 7.11 Å². The van der Waals surface area contributed by atoms with Crippen LogP contribution in [-0.2, 0) is 9.53 Å². The summed E-state index contributed by atoms with van der Waals surface area (Å²) in [7, 11) is 1.40. The van der Waals surface area contributed by atoms with Gasteiger partial charge in [0.05, 0.1) is 18.8 Å². The van der Waals surface area contributed by atoms with Gasteiger partial charge in [-0.05, 0) is 6.92 Å². The number of hydrogen-bond acceptors (Lipinski definition) is 4. The fraction of sp³-hybridized carbons (Fsp3) is 0.667. The molecule has 0 aliphatic carbocycles. The van der Waals surface area contributed by atoms with Gasteiger partial charge in [0.15, 0.2) is 0 Å². The van der Waals surface area contributed by atoms with E-state index in [9.17, 15) is 9.90 Å². The van der Waals surface area contributed by atoms with Crippen molar-refractivity contribution in [2.75, 3.05) is 20.3 Å². The first kappa shape index (κ1) is 13.1. The standard InChI is InChI=1S/C9H17NO4/c1-3-4-8(12)7(5-11)10-9(13)6-14-2/h3-4,7-8,11-12H,5-6H2,1-2H3,(H,10,13)/b4-3+/t7-,8+/m0/s1. The van der Waals surface area contributed by atoms with Crippen LogP contribution in [0.15, 0.2) is 12.2 Å². The second-order valence-electron chi connectivity index (χ2n) is 2.81. The zero-order valence-corrected chi connectivity index (χ0v) is 8.43. The van der Waals surface area contributed by atoms with Gasteiger partial charge >= 0.3 is 0 Å². The minimum Gasteiger partial charge on any atom is -0.394 e. The van der Waals surface area contributed by atoms with Crippen molar-refractivity contribution >= 4 is 5.91 Å². The van der Waals surface area contributed by atoms with E-state index in [2.05, 4.69) is 10.1 Å².